The number of hydrogen-bond acceptors (Lipinski definition) is 4. The Morgan fingerprint density at radius 3 is 2.64 bits per heavy atom. The number of aromatic nitrogens is 3. The Balaban J connectivity index is 2.14. The van der Waals surface area contributed by atoms with Gasteiger partial charge in [0.25, 0.3) is 0 Å². The van der Waals surface area contributed by atoms with Gasteiger partial charge in [-0.3, -0.25) is 0 Å². The lowest BCUT2D eigenvalue weighted by molar-refractivity contribution is 0.0600. The lowest BCUT2D eigenvalue weighted by Crippen LogP contribution is -2.06. The van der Waals surface area contributed by atoms with Crippen molar-refractivity contribution in [2.45, 2.75) is 6.92 Å². The molecular weight excluding hydrogens is 352 g/mol. The summed E-state index contributed by atoms with van der Waals surface area (Å²) in [7, 11) is 1.24. The Labute approximate surface area is 146 Å². The van der Waals surface area contributed by atoms with Crippen molar-refractivity contribution in [3.8, 4) is 22.8 Å². The molecule has 0 spiro atoms. The number of halogens is 3. The van der Waals surface area contributed by atoms with Gasteiger partial charge in [0.15, 0.2) is 5.82 Å². The molecule has 3 aromatic rings. The number of nitrogens with zero attached hydrogens (tertiary/aromatic N) is 2. The van der Waals surface area contributed by atoms with E-state index in [1.165, 1.54) is 25.3 Å². The minimum Gasteiger partial charge on any atom is -0.465 e. The van der Waals surface area contributed by atoms with Gasteiger partial charge in [-0.2, -0.15) is 0 Å². The molecule has 0 saturated carbocycles. The molecule has 0 unspecified atom stereocenters. The normalized spacial score (nSPS) is 10.8. The minimum atomic E-state index is -0.592. The zero-order valence-corrected chi connectivity index (χ0v) is 14.0. The third kappa shape index (κ3) is 3.10. The fourth-order valence-corrected chi connectivity index (χ4v) is 2.68. The number of hydrogen-bond donors (Lipinski definition) is 1. The maximum absolute atomic E-state index is 14.4. The molecule has 0 amide bonds. The van der Waals surface area contributed by atoms with Crippen LogP contribution in [0.15, 0.2) is 30.5 Å². The van der Waals surface area contributed by atoms with Gasteiger partial charge in [-0.1, -0.05) is 11.6 Å². The first-order valence-corrected chi connectivity index (χ1v) is 7.55. The molecule has 1 aromatic carbocycles. The van der Waals surface area contributed by atoms with Crippen LogP contribution < -0.4 is 0 Å². The largest absolute Gasteiger partial charge is 0.465 e. The average molecular weight is 364 g/mol. The molecule has 2 aromatic heterocycles. The van der Waals surface area contributed by atoms with Crippen LogP contribution in [0.25, 0.3) is 22.8 Å². The van der Waals surface area contributed by atoms with Gasteiger partial charge in [-0.25, -0.2) is 23.5 Å². The first kappa shape index (κ1) is 17.0. The fourth-order valence-electron chi connectivity index (χ4n) is 2.46. The number of nitrogens with one attached hydrogen (secondary N) is 1. The number of esters is 1. The molecule has 0 aliphatic carbocycles. The highest BCUT2D eigenvalue weighted by Crippen LogP contribution is 2.34. The molecule has 0 saturated heterocycles. The summed E-state index contributed by atoms with van der Waals surface area (Å²) in [4.78, 5) is 22.8. The molecule has 3 rings (SSSR count). The van der Waals surface area contributed by atoms with Gasteiger partial charge in [-0.15, -0.1) is 0 Å². The van der Waals surface area contributed by atoms with Crippen LogP contribution in [-0.4, -0.2) is 28.0 Å². The zero-order chi connectivity index (χ0) is 18.1. The van der Waals surface area contributed by atoms with Crippen molar-refractivity contribution in [1.29, 1.82) is 0 Å². The molecule has 25 heavy (non-hydrogen) atoms. The Bertz CT molecular complexity index is 955. The Morgan fingerprint density at radius 2 is 2.00 bits per heavy atom. The van der Waals surface area contributed by atoms with E-state index in [0.717, 1.165) is 12.3 Å². The van der Waals surface area contributed by atoms with E-state index < -0.39 is 17.6 Å². The first-order chi connectivity index (χ1) is 11.9. The topological polar surface area (TPSA) is 67.9 Å². The molecule has 5 nitrogen and oxygen atoms in total. The van der Waals surface area contributed by atoms with E-state index in [2.05, 4.69) is 15.0 Å². The molecule has 2 heterocycles. The van der Waals surface area contributed by atoms with E-state index >= 15 is 0 Å². The van der Waals surface area contributed by atoms with E-state index in [9.17, 15) is 13.6 Å². The van der Waals surface area contributed by atoms with Gasteiger partial charge in [0.1, 0.15) is 28.2 Å². The SMILES string of the molecule is COC(=O)c1ccc(F)c(-c2nc(-c3ccc(F)cn3)[nH]c2Cl)c1C. The van der Waals surface area contributed by atoms with Crippen molar-refractivity contribution < 1.29 is 18.3 Å². The van der Waals surface area contributed by atoms with Crippen molar-refractivity contribution in [1.82, 2.24) is 15.0 Å². The van der Waals surface area contributed by atoms with Crippen LogP contribution >= 0.6 is 11.6 Å². The number of methoxy groups -OCH3 is 1. The molecule has 1 N–H and O–H groups in total. The van der Waals surface area contributed by atoms with Crippen molar-refractivity contribution in [3.63, 3.8) is 0 Å². The molecule has 8 heteroatoms. The van der Waals surface area contributed by atoms with Crippen LogP contribution in [0.4, 0.5) is 8.78 Å². The second-order valence-corrected chi connectivity index (χ2v) is 5.57. The molecular formula is C17H12ClF2N3O2. The summed E-state index contributed by atoms with van der Waals surface area (Å²) in [5.41, 5.74) is 1.11. The highest BCUT2D eigenvalue weighted by atomic mass is 35.5. The van der Waals surface area contributed by atoms with E-state index in [4.69, 9.17) is 16.3 Å². The van der Waals surface area contributed by atoms with E-state index in [1.54, 1.807) is 6.92 Å². The number of imidazole rings is 1. The maximum atomic E-state index is 14.4. The lowest BCUT2D eigenvalue weighted by Gasteiger charge is -2.09. The number of rotatable bonds is 3. The number of H-pyrrole nitrogens is 1. The van der Waals surface area contributed by atoms with Crippen LogP contribution in [0.2, 0.25) is 5.15 Å². The number of pyridine rings is 1. The summed E-state index contributed by atoms with van der Waals surface area (Å²) in [5.74, 6) is -1.42. The highest BCUT2D eigenvalue weighted by molar-refractivity contribution is 6.32. The van der Waals surface area contributed by atoms with Crippen molar-refractivity contribution in [3.05, 3.63) is 58.4 Å². The number of aromatic amines is 1. The first-order valence-electron chi connectivity index (χ1n) is 7.17. The van der Waals surface area contributed by atoms with Crippen molar-refractivity contribution in [2.75, 3.05) is 7.11 Å². The fraction of sp³-hybridized carbons (Fsp3) is 0.118. The smallest absolute Gasteiger partial charge is 0.338 e. The summed E-state index contributed by atoms with van der Waals surface area (Å²) in [5, 5.41) is 0.0742. The quantitative estimate of drug-likeness (QED) is 0.709. The summed E-state index contributed by atoms with van der Waals surface area (Å²) >= 11 is 6.17. The van der Waals surface area contributed by atoms with Crippen LogP contribution in [0.3, 0.4) is 0 Å². The highest BCUT2D eigenvalue weighted by Gasteiger charge is 2.22. The van der Waals surface area contributed by atoms with Crippen LogP contribution in [0.1, 0.15) is 15.9 Å². The molecule has 0 aliphatic rings. The number of carbonyl (C=O) groups excluding carboxylic acids is 1. The molecule has 128 valence electrons. The van der Waals surface area contributed by atoms with Crippen molar-refractivity contribution >= 4 is 17.6 Å². The van der Waals surface area contributed by atoms with Crippen LogP contribution in [-0.2, 0) is 4.74 Å². The summed E-state index contributed by atoms with van der Waals surface area (Å²) in [6, 6.07) is 5.13. The summed E-state index contributed by atoms with van der Waals surface area (Å²) in [6.45, 7) is 1.57. The third-order valence-corrected chi connectivity index (χ3v) is 3.96. The lowest BCUT2D eigenvalue weighted by atomic mass is 9.99. The van der Waals surface area contributed by atoms with E-state index in [-0.39, 0.29) is 27.8 Å². The Hall–Kier alpha value is -2.80. The van der Waals surface area contributed by atoms with Gasteiger partial charge in [0.2, 0.25) is 0 Å². The second-order valence-electron chi connectivity index (χ2n) is 5.20. The van der Waals surface area contributed by atoms with E-state index in [1.807, 2.05) is 0 Å². The van der Waals surface area contributed by atoms with Crippen LogP contribution in [0, 0.1) is 18.6 Å². The van der Waals surface area contributed by atoms with Gasteiger partial charge in [0, 0.05) is 5.56 Å². The molecule has 0 fully saturated rings. The standard InChI is InChI=1S/C17H12ClF2N3O2/c1-8-10(17(24)25-2)4-5-11(20)13(8)14-15(18)23-16(22-14)12-6-3-9(19)7-21-12/h3-7H,1-2H3,(H,22,23). The maximum Gasteiger partial charge on any atom is 0.338 e. The zero-order valence-electron chi connectivity index (χ0n) is 13.2. The predicted octanol–water partition coefficient (Wildman–Crippen LogP) is 4.17. The van der Waals surface area contributed by atoms with Gasteiger partial charge < -0.3 is 9.72 Å². The number of benzene rings is 1. The van der Waals surface area contributed by atoms with Gasteiger partial charge in [-0.05, 0) is 36.8 Å². The van der Waals surface area contributed by atoms with E-state index in [0.29, 0.717) is 11.3 Å². The number of ether oxygens (including phenoxy) is 1. The summed E-state index contributed by atoms with van der Waals surface area (Å²) < 4.78 is 32.1. The Kier molecular flexibility index (Phi) is 4.50. The van der Waals surface area contributed by atoms with Crippen LogP contribution in [0.5, 0.6) is 0 Å². The minimum absolute atomic E-state index is 0.0742. The molecule has 0 bridgehead atoms. The molecule has 0 radical (unpaired) electrons. The predicted molar refractivity (Wildman–Crippen MR) is 88.3 cm³/mol. The van der Waals surface area contributed by atoms with Gasteiger partial charge >= 0.3 is 5.97 Å². The number of carbonyl (C=O) groups is 1. The third-order valence-electron chi connectivity index (χ3n) is 3.69. The van der Waals surface area contributed by atoms with Gasteiger partial charge in [0.05, 0.1) is 18.9 Å². The molecule has 0 atom stereocenters. The van der Waals surface area contributed by atoms with Crippen molar-refractivity contribution in [2.24, 2.45) is 0 Å². The monoisotopic (exact) mass is 363 g/mol. The Morgan fingerprint density at radius 1 is 1.24 bits per heavy atom. The second kappa shape index (κ2) is 6.60. The summed E-state index contributed by atoms with van der Waals surface area (Å²) in [6.07, 6.45) is 1.04. The molecule has 0 aliphatic heterocycles. The average Bonchev–Trinajstić information content (AvgIpc) is 2.96.